The Morgan fingerprint density at radius 3 is 2.21 bits per heavy atom. The van der Waals surface area contributed by atoms with Crippen molar-refractivity contribution in [2.24, 2.45) is 4.99 Å². The molecule has 0 atom stereocenters. The standard InChI is InChI=1S/C28H39N3O2/c32-28(30-25-13-5-2-6-14-25)26(33-20-29-24-11-3-1-4-12-24)19-21-17-22-9-7-15-31-16-8-10-23(18-21)27(22)31/h17-20,24-25H,1-16H2,(H,30,32)/b26-19+,29-20-. The summed E-state index contributed by atoms with van der Waals surface area (Å²) < 4.78 is 5.95. The quantitative estimate of drug-likeness (QED) is 0.268. The molecule has 0 aromatic heterocycles. The molecule has 0 saturated heterocycles. The van der Waals surface area contributed by atoms with E-state index >= 15 is 0 Å². The van der Waals surface area contributed by atoms with Crippen LogP contribution in [-0.2, 0) is 22.4 Å². The van der Waals surface area contributed by atoms with Crippen molar-refractivity contribution in [1.29, 1.82) is 0 Å². The van der Waals surface area contributed by atoms with E-state index in [4.69, 9.17) is 4.74 Å². The van der Waals surface area contributed by atoms with E-state index in [1.807, 2.05) is 6.08 Å². The average molecular weight is 450 g/mol. The number of aryl methyl sites for hydroxylation is 2. The summed E-state index contributed by atoms with van der Waals surface area (Å²) in [7, 11) is 0. The maximum absolute atomic E-state index is 13.2. The molecule has 5 heteroatoms. The number of benzene rings is 1. The van der Waals surface area contributed by atoms with E-state index in [9.17, 15) is 4.79 Å². The van der Waals surface area contributed by atoms with Crippen LogP contribution in [0.1, 0.15) is 93.7 Å². The molecule has 5 nitrogen and oxygen atoms in total. The highest BCUT2D eigenvalue weighted by Gasteiger charge is 2.25. The van der Waals surface area contributed by atoms with E-state index in [1.165, 1.54) is 87.7 Å². The van der Waals surface area contributed by atoms with Crippen molar-refractivity contribution < 1.29 is 9.53 Å². The number of carbonyl (C=O) groups excluding carboxylic acids is 1. The van der Waals surface area contributed by atoms with Crippen LogP contribution < -0.4 is 10.2 Å². The Morgan fingerprint density at radius 2 is 1.55 bits per heavy atom. The van der Waals surface area contributed by atoms with Gasteiger partial charge in [-0.25, -0.2) is 0 Å². The number of aliphatic imine (C=N–C) groups is 1. The Morgan fingerprint density at radius 1 is 0.909 bits per heavy atom. The van der Waals surface area contributed by atoms with Gasteiger partial charge in [-0.15, -0.1) is 0 Å². The minimum absolute atomic E-state index is 0.106. The molecular formula is C28H39N3O2. The lowest BCUT2D eigenvalue weighted by atomic mass is 9.90. The second kappa shape index (κ2) is 10.8. The van der Waals surface area contributed by atoms with Crippen LogP contribution in [0.15, 0.2) is 22.9 Å². The summed E-state index contributed by atoms with van der Waals surface area (Å²) >= 11 is 0. The predicted octanol–water partition coefficient (Wildman–Crippen LogP) is 5.55. The van der Waals surface area contributed by atoms with Crippen molar-refractivity contribution in [2.45, 2.75) is 102 Å². The van der Waals surface area contributed by atoms with Gasteiger partial charge in [0.15, 0.2) is 12.2 Å². The maximum Gasteiger partial charge on any atom is 0.287 e. The number of ether oxygens (including phenoxy) is 1. The Labute approximate surface area is 198 Å². The van der Waals surface area contributed by atoms with Crippen LogP contribution >= 0.6 is 0 Å². The SMILES string of the molecule is O=C(NC1CCCCC1)/C(=C\c1cc2c3c(c1)CCCN3CCC2)O/C=N\C1CCCCC1. The van der Waals surface area contributed by atoms with Crippen molar-refractivity contribution in [1.82, 2.24) is 5.32 Å². The third-order valence-corrected chi connectivity index (χ3v) is 7.84. The Kier molecular flexibility index (Phi) is 7.33. The largest absolute Gasteiger partial charge is 0.440 e. The molecule has 2 saturated carbocycles. The molecule has 2 aliphatic heterocycles. The zero-order valence-electron chi connectivity index (χ0n) is 20.0. The molecule has 0 radical (unpaired) electrons. The highest BCUT2D eigenvalue weighted by Crippen LogP contribution is 2.36. The molecular weight excluding hydrogens is 410 g/mol. The van der Waals surface area contributed by atoms with Crippen LogP contribution in [0.3, 0.4) is 0 Å². The van der Waals surface area contributed by atoms with Gasteiger partial charge in [0.25, 0.3) is 5.91 Å². The summed E-state index contributed by atoms with van der Waals surface area (Å²) in [5.41, 5.74) is 5.38. The number of anilines is 1. The molecule has 5 rings (SSSR count). The molecule has 178 valence electrons. The van der Waals surface area contributed by atoms with E-state index in [0.717, 1.165) is 44.1 Å². The van der Waals surface area contributed by atoms with E-state index in [2.05, 4.69) is 27.3 Å². The molecule has 0 bridgehead atoms. The van der Waals surface area contributed by atoms with Crippen LogP contribution in [0.4, 0.5) is 5.69 Å². The molecule has 2 aliphatic carbocycles. The first kappa shape index (κ1) is 22.5. The Hall–Kier alpha value is -2.30. The van der Waals surface area contributed by atoms with E-state index in [-0.39, 0.29) is 11.9 Å². The van der Waals surface area contributed by atoms with Crippen LogP contribution in [-0.4, -0.2) is 37.5 Å². The minimum Gasteiger partial charge on any atom is -0.440 e. The summed E-state index contributed by atoms with van der Waals surface area (Å²) in [6.45, 7) is 2.34. The van der Waals surface area contributed by atoms with Crippen LogP contribution in [0, 0.1) is 0 Å². The third kappa shape index (κ3) is 5.62. The summed E-state index contributed by atoms with van der Waals surface area (Å²) in [5, 5.41) is 3.23. The molecule has 1 N–H and O–H groups in total. The zero-order chi connectivity index (χ0) is 22.5. The van der Waals surface area contributed by atoms with Gasteiger partial charge in [-0.05, 0) is 86.3 Å². The van der Waals surface area contributed by atoms with E-state index < -0.39 is 0 Å². The highest BCUT2D eigenvalue weighted by atomic mass is 16.5. The average Bonchev–Trinajstić information content (AvgIpc) is 2.85. The number of carbonyl (C=O) groups is 1. The van der Waals surface area contributed by atoms with E-state index in [0.29, 0.717) is 11.8 Å². The molecule has 1 aromatic rings. The Balaban J connectivity index is 1.37. The zero-order valence-corrected chi connectivity index (χ0v) is 20.0. The first-order valence-electron chi connectivity index (χ1n) is 13.4. The van der Waals surface area contributed by atoms with Gasteiger partial charge in [-0.1, -0.05) is 38.5 Å². The Bertz CT molecular complexity index is 863. The molecule has 2 heterocycles. The maximum atomic E-state index is 13.2. The summed E-state index contributed by atoms with van der Waals surface area (Å²) in [6, 6.07) is 5.13. The second-order valence-corrected chi connectivity index (χ2v) is 10.4. The van der Waals surface area contributed by atoms with Crippen molar-refractivity contribution >= 4 is 24.1 Å². The first-order valence-corrected chi connectivity index (χ1v) is 13.4. The van der Waals surface area contributed by atoms with Crippen LogP contribution in [0.25, 0.3) is 6.08 Å². The smallest absolute Gasteiger partial charge is 0.287 e. The number of nitrogens with zero attached hydrogens (tertiary/aromatic N) is 2. The fourth-order valence-electron chi connectivity index (χ4n) is 6.13. The second-order valence-electron chi connectivity index (χ2n) is 10.4. The fourth-order valence-corrected chi connectivity index (χ4v) is 6.13. The van der Waals surface area contributed by atoms with Crippen LogP contribution in [0.5, 0.6) is 0 Å². The summed E-state index contributed by atoms with van der Waals surface area (Å²) in [5.74, 6) is 0.265. The number of amides is 1. The van der Waals surface area contributed by atoms with Gasteiger partial charge < -0.3 is 15.0 Å². The van der Waals surface area contributed by atoms with Gasteiger partial charge in [-0.2, -0.15) is 0 Å². The number of rotatable bonds is 6. The summed E-state index contributed by atoms with van der Waals surface area (Å²) in [6.07, 6.45) is 19.9. The highest BCUT2D eigenvalue weighted by molar-refractivity contribution is 5.97. The number of hydrogen-bond acceptors (Lipinski definition) is 4. The molecule has 2 fully saturated rings. The van der Waals surface area contributed by atoms with Crippen molar-refractivity contribution in [3.8, 4) is 0 Å². The van der Waals surface area contributed by atoms with Gasteiger partial charge in [0.1, 0.15) is 0 Å². The van der Waals surface area contributed by atoms with Gasteiger partial charge >= 0.3 is 0 Å². The lowest BCUT2D eigenvalue weighted by Crippen LogP contribution is -2.37. The van der Waals surface area contributed by atoms with Gasteiger partial charge in [-0.3, -0.25) is 9.79 Å². The lowest BCUT2D eigenvalue weighted by Gasteiger charge is -2.37. The fraction of sp³-hybridized carbons (Fsp3) is 0.643. The molecule has 1 amide bonds. The van der Waals surface area contributed by atoms with E-state index in [1.54, 1.807) is 0 Å². The van der Waals surface area contributed by atoms with Crippen molar-refractivity contribution in [3.05, 3.63) is 34.6 Å². The third-order valence-electron chi connectivity index (χ3n) is 7.84. The van der Waals surface area contributed by atoms with Crippen molar-refractivity contribution in [3.63, 3.8) is 0 Å². The van der Waals surface area contributed by atoms with Gasteiger partial charge in [0.05, 0.1) is 6.04 Å². The van der Waals surface area contributed by atoms with Gasteiger partial charge in [0, 0.05) is 24.8 Å². The molecule has 33 heavy (non-hydrogen) atoms. The topological polar surface area (TPSA) is 53.9 Å². The van der Waals surface area contributed by atoms with Crippen LogP contribution in [0.2, 0.25) is 0 Å². The monoisotopic (exact) mass is 449 g/mol. The normalized spacial score (nSPS) is 22.3. The predicted molar refractivity (Wildman–Crippen MR) is 135 cm³/mol. The summed E-state index contributed by atoms with van der Waals surface area (Å²) in [4.78, 5) is 20.4. The molecule has 1 aromatic carbocycles. The minimum atomic E-state index is -0.106. The van der Waals surface area contributed by atoms with Crippen molar-refractivity contribution in [2.75, 3.05) is 18.0 Å². The van der Waals surface area contributed by atoms with Gasteiger partial charge in [0.2, 0.25) is 0 Å². The molecule has 0 unspecified atom stereocenters. The first-order chi connectivity index (χ1) is 16.3. The lowest BCUT2D eigenvalue weighted by molar-refractivity contribution is -0.120. The number of hydrogen-bond donors (Lipinski definition) is 1. The molecule has 0 spiro atoms. The number of nitrogens with one attached hydrogen (secondary N) is 1. The molecule has 4 aliphatic rings.